The quantitative estimate of drug-likeness (QED) is 0.0230. The van der Waals surface area contributed by atoms with Crippen LogP contribution in [0.3, 0.4) is 0 Å². The van der Waals surface area contributed by atoms with Crippen molar-refractivity contribution in [3.63, 3.8) is 0 Å². The molecule has 0 saturated carbocycles. The molecule has 0 aliphatic rings. The third-order valence-electron chi connectivity index (χ3n) is 8.21. The zero-order valence-corrected chi connectivity index (χ0v) is 30.5. The summed E-state index contributed by atoms with van der Waals surface area (Å²) in [6.07, 6.45) is 0.241. The molecule has 0 saturated heterocycles. The number of carbonyl (C=O) groups excluding carboxylic acids is 5. The number of unbranched alkanes of at least 4 members (excludes halogenated alkanes) is 4. The van der Waals surface area contributed by atoms with Gasteiger partial charge in [-0.2, -0.15) is 13.2 Å². The van der Waals surface area contributed by atoms with Crippen LogP contribution in [0.4, 0.5) is 17.6 Å². The van der Waals surface area contributed by atoms with Crippen LogP contribution in [0.15, 0.2) is 97.1 Å². The highest BCUT2D eigenvalue weighted by atomic mass is 19.4. The number of esters is 4. The van der Waals surface area contributed by atoms with Gasteiger partial charge in [0.05, 0.1) is 35.5 Å². The Kier molecular flexibility index (Phi) is 16.0. The predicted octanol–water partition coefficient (Wildman–Crippen LogP) is 8.21. The van der Waals surface area contributed by atoms with Crippen molar-refractivity contribution in [1.29, 1.82) is 0 Å². The molecule has 0 fully saturated rings. The van der Waals surface area contributed by atoms with Crippen LogP contribution < -0.4 is 18.9 Å². The van der Waals surface area contributed by atoms with Gasteiger partial charge in [-0.25, -0.2) is 23.6 Å². The van der Waals surface area contributed by atoms with Gasteiger partial charge in [0.25, 0.3) is 0 Å². The lowest BCUT2D eigenvalue weighted by Gasteiger charge is -2.11. The summed E-state index contributed by atoms with van der Waals surface area (Å²) in [4.78, 5) is 61.3. The predicted molar refractivity (Wildman–Crippen MR) is 196 cm³/mol. The van der Waals surface area contributed by atoms with Crippen molar-refractivity contribution in [2.45, 2.75) is 51.1 Å². The van der Waals surface area contributed by atoms with Gasteiger partial charge in [-0.3, -0.25) is 4.79 Å². The largest absolute Gasteiger partial charge is 0.494 e. The van der Waals surface area contributed by atoms with Gasteiger partial charge in [0.2, 0.25) is 0 Å². The lowest BCUT2D eigenvalue weighted by molar-refractivity contribution is -0.150. The molecule has 4 aromatic rings. The average Bonchev–Trinajstić information content (AvgIpc) is 3.20. The summed E-state index contributed by atoms with van der Waals surface area (Å²) in [5.74, 6) is -5.78. The SMILES string of the molecule is C=C(C(=O)OCCCCOc1ccc(C(=O)Oc2ccc(C(=O)Oc3ccc(OC(=O)c4ccc(CCCCCCO)cc4)c(F)c3C=O)cc2)cc1)C(F)(F)F. The van der Waals surface area contributed by atoms with Crippen LogP contribution in [0.2, 0.25) is 0 Å². The number of hydrogen-bond acceptors (Lipinski definition) is 11. The van der Waals surface area contributed by atoms with E-state index in [4.69, 9.17) is 24.1 Å². The Morgan fingerprint density at radius 1 is 0.632 bits per heavy atom. The first-order valence-electron chi connectivity index (χ1n) is 17.7. The lowest BCUT2D eigenvalue weighted by atomic mass is 10.0. The van der Waals surface area contributed by atoms with E-state index in [0.29, 0.717) is 12.2 Å². The fourth-order valence-corrected chi connectivity index (χ4v) is 5.03. The van der Waals surface area contributed by atoms with Gasteiger partial charge in [-0.15, -0.1) is 0 Å². The number of aliphatic hydroxyl groups is 1. The Labute approximate surface area is 324 Å². The van der Waals surface area contributed by atoms with Gasteiger partial charge >= 0.3 is 30.1 Å². The number of benzene rings is 4. The number of hydrogen-bond donors (Lipinski definition) is 1. The molecule has 0 unspecified atom stereocenters. The molecule has 0 aliphatic heterocycles. The molecule has 0 amide bonds. The van der Waals surface area contributed by atoms with E-state index in [0.717, 1.165) is 49.8 Å². The molecule has 0 spiro atoms. The van der Waals surface area contributed by atoms with Crippen molar-refractivity contribution in [3.8, 4) is 23.0 Å². The number of ether oxygens (including phenoxy) is 5. The highest BCUT2D eigenvalue weighted by Crippen LogP contribution is 2.30. The molecule has 4 rings (SSSR count). The Hall–Kier alpha value is -6.35. The number of aliphatic hydroxyl groups excluding tert-OH is 1. The van der Waals surface area contributed by atoms with Crippen molar-refractivity contribution in [2.75, 3.05) is 19.8 Å². The monoisotopic (exact) mass is 794 g/mol. The van der Waals surface area contributed by atoms with Crippen molar-refractivity contribution >= 4 is 30.2 Å². The first kappa shape index (κ1) is 43.4. The van der Waals surface area contributed by atoms with Crippen molar-refractivity contribution in [3.05, 3.63) is 131 Å². The summed E-state index contributed by atoms with van der Waals surface area (Å²) >= 11 is 0. The van der Waals surface area contributed by atoms with Crippen LogP contribution in [-0.2, 0) is 16.0 Å². The average molecular weight is 795 g/mol. The number of aldehydes is 1. The van der Waals surface area contributed by atoms with Gasteiger partial charge in [0.1, 0.15) is 22.8 Å². The number of halogens is 4. The minimum atomic E-state index is -4.86. The second-order valence-corrected chi connectivity index (χ2v) is 12.4. The van der Waals surface area contributed by atoms with Crippen molar-refractivity contribution in [1.82, 2.24) is 0 Å². The first-order valence-corrected chi connectivity index (χ1v) is 17.7. The fraction of sp³-hybridized carbons (Fsp3) is 0.262. The fourth-order valence-electron chi connectivity index (χ4n) is 5.03. The van der Waals surface area contributed by atoms with Gasteiger partial charge in [0.15, 0.2) is 17.9 Å². The Bertz CT molecular complexity index is 2030. The van der Waals surface area contributed by atoms with E-state index in [1.54, 1.807) is 24.3 Å². The maximum absolute atomic E-state index is 15.2. The number of alkyl halides is 3. The molecule has 11 nitrogen and oxygen atoms in total. The summed E-state index contributed by atoms with van der Waals surface area (Å²) in [5, 5.41) is 8.88. The molecule has 4 aromatic carbocycles. The molecule has 57 heavy (non-hydrogen) atoms. The molecule has 0 bridgehead atoms. The third kappa shape index (κ3) is 13.1. The molecule has 0 aromatic heterocycles. The summed E-state index contributed by atoms with van der Waals surface area (Å²) in [7, 11) is 0. The van der Waals surface area contributed by atoms with Crippen LogP contribution in [0.5, 0.6) is 23.0 Å². The van der Waals surface area contributed by atoms with Crippen LogP contribution in [0.1, 0.15) is 85.5 Å². The molecule has 0 aliphatic carbocycles. The van der Waals surface area contributed by atoms with Crippen LogP contribution >= 0.6 is 0 Å². The zero-order valence-electron chi connectivity index (χ0n) is 30.5. The summed E-state index contributed by atoms with van der Waals surface area (Å²) in [6.45, 7) is 2.75. The van der Waals surface area contributed by atoms with Crippen LogP contribution in [-0.4, -0.2) is 61.3 Å². The second-order valence-electron chi connectivity index (χ2n) is 12.4. The van der Waals surface area contributed by atoms with Crippen molar-refractivity contribution in [2.24, 2.45) is 0 Å². The topological polar surface area (TPSA) is 152 Å². The van der Waals surface area contributed by atoms with Crippen LogP contribution in [0.25, 0.3) is 0 Å². The Morgan fingerprint density at radius 2 is 1.14 bits per heavy atom. The number of rotatable bonds is 20. The molecular weight excluding hydrogens is 756 g/mol. The first-order chi connectivity index (χ1) is 27.3. The minimum Gasteiger partial charge on any atom is -0.494 e. The number of carbonyl (C=O) groups is 5. The van der Waals surface area contributed by atoms with Gasteiger partial charge < -0.3 is 28.8 Å². The highest BCUT2D eigenvalue weighted by molar-refractivity contribution is 5.94. The standard InChI is InChI=1S/C42H38F4O11/c1-27(42(44,45)46)38(49)54-25-7-6-24-53-32-17-13-30(14-18-32)39(50)55-33-19-15-31(16-20-33)40(51)56-35-21-22-36(37(43)34(35)26-48)57-41(52)29-11-9-28(10-12-29)8-4-2-3-5-23-47/h9-22,26,47H,1-8,23-25H2. The third-order valence-corrected chi connectivity index (χ3v) is 8.21. The normalized spacial score (nSPS) is 11.0. The lowest BCUT2D eigenvalue weighted by Crippen LogP contribution is -2.21. The summed E-state index contributed by atoms with van der Waals surface area (Å²) in [5.41, 5.74) is -0.929. The van der Waals surface area contributed by atoms with Crippen molar-refractivity contribution < 1.29 is 70.3 Å². The van der Waals surface area contributed by atoms with E-state index in [1.165, 1.54) is 48.5 Å². The minimum absolute atomic E-state index is 0.0254. The maximum atomic E-state index is 15.2. The van der Waals surface area contributed by atoms with E-state index in [1.807, 2.05) is 0 Å². The van der Waals surface area contributed by atoms with E-state index in [-0.39, 0.29) is 55.0 Å². The molecule has 15 heteroatoms. The molecule has 300 valence electrons. The molecular formula is C42H38F4O11. The Morgan fingerprint density at radius 3 is 1.72 bits per heavy atom. The second kappa shape index (κ2) is 21.1. The molecule has 1 N–H and O–H groups in total. The van der Waals surface area contributed by atoms with E-state index in [2.05, 4.69) is 11.3 Å². The summed E-state index contributed by atoms with van der Waals surface area (Å²) < 4.78 is 78.4. The molecule has 0 atom stereocenters. The van der Waals surface area contributed by atoms with E-state index < -0.39 is 58.5 Å². The zero-order chi connectivity index (χ0) is 41.4. The Balaban J connectivity index is 1.24. The van der Waals surface area contributed by atoms with Crippen LogP contribution in [0, 0.1) is 5.82 Å². The van der Waals surface area contributed by atoms with Gasteiger partial charge in [-0.1, -0.05) is 31.6 Å². The van der Waals surface area contributed by atoms with Gasteiger partial charge in [-0.05, 0) is 110 Å². The molecule has 0 heterocycles. The molecule has 0 radical (unpaired) electrons. The maximum Gasteiger partial charge on any atom is 0.422 e. The van der Waals surface area contributed by atoms with E-state index in [9.17, 15) is 37.1 Å². The summed E-state index contributed by atoms with van der Waals surface area (Å²) in [6, 6.07) is 19.9. The smallest absolute Gasteiger partial charge is 0.422 e. The van der Waals surface area contributed by atoms with Gasteiger partial charge in [0, 0.05) is 6.61 Å². The number of aryl methyl sites for hydroxylation is 1. The highest BCUT2D eigenvalue weighted by Gasteiger charge is 2.37. The van der Waals surface area contributed by atoms with E-state index >= 15 is 4.39 Å².